The average Bonchev–Trinajstić information content (AvgIpc) is 3.23. The highest BCUT2D eigenvalue weighted by Crippen LogP contribution is 2.23. The molecule has 0 radical (unpaired) electrons. The second kappa shape index (κ2) is 11.4. The molecule has 1 fully saturated rings. The van der Waals surface area contributed by atoms with Crippen molar-refractivity contribution in [2.45, 2.75) is 58.1 Å². The summed E-state index contributed by atoms with van der Waals surface area (Å²) in [5, 5.41) is 10.0. The van der Waals surface area contributed by atoms with E-state index in [-0.39, 0.29) is 41.5 Å². The SMILES string of the molecule is CN=C(NCCc1nc(C(C)(C)C)cs1)NC(C)COC1CCOC1.I. The highest BCUT2D eigenvalue weighted by molar-refractivity contribution is 14.0. The van der Waals surface area contributed by atoms with Crippen LogP contribution in [-0.4, -0.2) is 56.5 Å². The van der Waals surface area contributed by atoms with Crippen LogP contribution in [-0.2, 0) is 21.3 Å². The molecule has 1 aromatic heterocycles. The van der Waals surface area contributed by atoms with E-state index >= 15 is 0 Å². The predicted molar refractivity (Wildman–Crippen MR) is 119 cm³/mol. The van der Waals surface area contributed by atoms with E-state index in [9.17, 15) is 0 Å². The van der Waals surface area contributed by atoms with Gasteiger partial charge in [0.2, 0.25) is 0 Å². The first kappa shape index (κ1) is 23.6. The third-order valence-corrected chi connectivity index (χ3v) is 4.94. The van der Waals surface area contributed by atoms with Crippen LogP contribution < -0.4 is 10.6 Å². The summed E-state index contributed by atoms with van der Waals surface area (Å²) in [4.78, 5) is 9.01. The van der Waals surface area contributed by atoms with Gasteiger partial charge in [-0.3, -0.25) is 4.99 Å². The minimum absolute atomic E-state index is 0. The van der Waals surface area contributed by atoms with E-state index in [2.05, 4.69) is 48.7 Å². The molecule has 0 spiro atoms. The van der Waals surface area contributed by atoms with Crippen molar-refractivity contribution in [3.63, 3.8) is 0 Å². The number of ether oxygens (including phenoxy) is 2. The number of thiazole rings is 1. The second-order valence-electron chi connectivity index (χ2n) is 7.49. The first-order valence-corrected chi connectivity index (χ1v) is 9.88. The van der Waals surface area contributed by atoms with Crippen LogP contribution in [0, 0.1) is 0 Å². The van der Waals surface area contributed by atoms with Crippen molar-refractivity contribution in [2.24, 2.45) is 4.99 Å². The zero-order valence-electron chi connectivity index (χ0n) is 16.5. The van der Waals surface area contributed by atoms with Crippen molar-refractivity contribution in [2.75, 3.05) is 33.4 Å². The van der Waals surface area contributed by atoms with E-state index in [1.54, 1.807) is 18.4 Å². The van der Waals surface area contributed by atoms with Gasteiger partial charge in [0.15, 0.2) is 5.96 Å². The number of nitrogens with one attached hydrogen (secondary N) is 2. The Morgan fingerprint density at radius 3 is 2.85 bits per heavy atom. The first-order chi connectivity index (χ1) is 11.9. The average molecular weight is 496 g/mol. The largest absolute Gasteiger partial charge is 0.379 e. The number of aliphatic imine (C=N–C) groups is 1. The molecule has 8 heteroatoms. The molecule has 1 aliphatic rings. The monoisotopic (exact) mass is 496 g/mol. The summed E-state index contributed by atoms with van der Waals surface area (Å²) in [6.07, 6.45) is 2.12. The van der Waals surface area contributed by atoms with E-state index in [0.29, 0.717) is 13.2 Å². The maximum Gasteiger partial charge on any atom is 0.191 e. The van der Waals surface area contributed by atoms with E-state index in [1.807, 2.05) is 0 Å². The van der Waals surface area contributed by atoms with Crippen LogP contribution in [0.2, 0.25) is 0 Å². The second-order valence-corrected chi connectivity index (χ2v) is 8.43. The van der Waals surface area contributed by atoms with Crippen LogP contribution >= 0.6 is 35.3 Å². The van der Waals surface area contributed by atoms with E-state index < -0.39 is 0 Å². The first-order valence-electron chi connectivity index (χ1n) is 9.00. The van der Waals surface area contributed by atoms with Gasteiger partial charge < -0.3 is 20.1 Å². The Kier molecular flexibility index (Phi) is 10.3. The molecular formula is C18H33IN4O2S. The Morgan fingerprint density at radius 1 is 1.50 bits per heavy atom. The van der Waals surface area contributed by atoms with Gasteiger partial charge in [-0.15, -0.1) is 35.3 Å². The van der Waals surface area contributed by atoms with Gasteiger partial charge in [-0.05, 0) is 13.3 Å². The summed E-state index contributed by atoms with van der Waals surface area (Å²) < 4.78 is 11.2. The highest BCUT2D eigenvalue weighted by atomic mass is 127. The van der Waals surface area contributed by atoms with Crippen LogP contribution in [0.5, 0.6) is 0 Å². The molecule has 26 heavy (non-hydrogen) atoms. The maximum atomic E-state index is 5.84. The Bertz CT molecular complexity index is 554. The Hall–Kier alpha value is -0.450. The van der Waals surface area contributed by atoms with Crippen molar-refractivity contribution in [3.8, 4) is 0 Å². The van der Waals surface area contributed by atoms with Gasteiger partial charge in [0.1, 0.15) is 0 Å². The lowest BCUT2D eigenvalue weighted by atomic mass is 9.93. The van der Waals surface area contributed by atoms with Gasteiger partial charge >= 0.3 is 0 Å². The van der Waals surface area contributed by atoms with Crippen LogP contribution in [0.25, 0.3) is 0 Å². The maximum absolute atomic E-state index is 5.84. The lowest BCUT2D eigenvalue weighted by Gasteiger charge is -2.19. The Balaban J connectivity index is 0.00000338. The van der Waals surface area contributed by atoms with Gasteiger partial charge in [-0.25, -0.2) is 4.98 Å². The summed E-state index contributed by atoms with van der Waals surface area (Å²) in [5.74, 6) is 0.798. The molecule has 150 valence electrons. The topological polar surface area (TPSA) is 67.8 Å². The summed E-state index contributed by atoms with van der Waals surface area (Å²) in [6, 6.07) is 0.194. The molecule has 0 aromatic carbocycles. The van der Waals surface area contributed by atoms with Gasteiger partial charge in [0.25, 0.3) is 0 Å². The Morgan fingerprint density at radius 2 is 2.27 bits per heavy atom. The number of nitrogens with zero attached hydrogens (tertiary/aromatic N) is 2. The van der Waals surface area contributed by atoms with Crippen molar-refractivity contribution < 1.29 is 9.47 Å². The molecule has 1 aliphatic heterocycles. The molecule has 1 saturated heterocycles. The van der Waals surface area contributed by atoms with E-state index in [0.717, 1.165) is 42.7 Å². The molecule has 0 saturated carbocycles. The van der Waals surface area contributed by atoms with Crippen molar-refractivity contribution >= 4 is 41.3 Å². The molecular weight excluding hydrogens is 463 g/mol. The molecule has 2 atom stereocenters. The third-order valence-electron chi connectivity index (χ3n) is 4.03. The summed E-state index contributed by atoms with van der Waals surface area (Å²) in [6.45, 7) is 11.6. The molecule has 2 heterocycles. The summed E-state index contributed by atoms with van der Waals surface area (Å²) in [7, 11) is 1.79. The number of guanidine groups is 1. The molecule has 0 bridgehead atoms. The lowest BCUT2D eigenvalue weighted by molar-refractivity contribution is 0.0347. The van der Waals surface area contributed by atoms with Crippen LogP contribution in [0.3, 0.4) is 0 Å². The van der Waals surface area contributed by atoms with Crippen molar-refractivity contribution in [1.82, 2.24) is 15.6 Å². The normalized spacial score (nSPS) is 19.1. The van der Waals surface area contributed by atoms with Crippen LogP contribution in [0.15, 0.2) is 10.4 Å². The fraction of sp³-hybridized carbons (Fsp3) is 0.778. The van der Waals surface area contributed by atoms with Gasteiger partial charge in [-0.1, -0.05) is 20.8 Å². The third kappa shape index (κ3) is 8.06. The minimum Gasteiger partial charge on any atom is -0.379 e. The number of aromatic nitrogens is 1. The fourth-order valence-electron chi connectivity index (χ4n) is 2.45. The molecule has 2 N–H and O–H groups in total. The van der Waals surface area contributed by atoms with Crippen molar-refractivity contribution in [3.05, 3.63) is 16.1 Å². The van der Waals surface area contributed by atoms with Gasteiger partial charge in [0, 0.05) is 43.5 Å². The van der Waals surface area contributed by atoms with Crippen LogP contribution in [0.4, 0.5) is 0 Å². The van der Waals surface area contributed by atoms with E-state index in [1.165, 1.54) is 0 Å². The highest BCUT2D eigenvalue weighted by Gasteiger charge is 2.18. The standard InChI is InChI=1S/C18H32N4O2S.HI/c1-13(10-24-14-7-9-23-11-14)21-17(19-5)20-8-6-16-22-15(12-25-16)18(2,3)4;/h12-14H,6-11H2,1-5H3,(H2,19,20,21);1H. The predicted octanol–water partition coefficient (Wildman–Crippen LogP) is 2.96. The number of halogens is 1. The zero-order valence-corrected chi connectivity index (χ0v) is 19.6. The number of rotatable bonds is 7. The van der Waals surface area contributed by atoms with Crippen LogP contribution in [0.1, 0.15) is 44.8 Å². The molecule has 1 aromatic rings. The molecule has 0 aliphatic carbocycles. The zero-order chi connectivity index (χ0) is 18.3. The lowest BCUT2D eigenvalue weighted by Crippen LogP contribution is -2.45. The molecule has 2 unspecified atom stereocenters. The number of hydrogen-bond acceptors (Lipinski definition) is 5. The van der Waals surface area contributed by atoms with E-state index in [4.69, 9.17) is 14.5 Å². The minimum atomic E-state index is 0. The fourth-order valence-corrected chi connectivity index (χ4v) is 3.48. The number of hydrogen-bond donors (Lipinski definition) is 2. The quantitative estimate of drug-likeness (QED) is 0.345. The van der Waals surface area contributed by atoms with Crippen molar-refractivity contribution in [1.29, 1.82) is 0 Å². The Labute approximate surface area is 178 Å². The molecule has 6 nitrogen and oxygen atoms in total. The smallest absolute Gasteiger partial charge is 0.191 e. The van der Waals surface area contributed by atoms with Gasteiger partial charge in [0.05, 0.1) is 30.0 Å². The van der Waals surface area contributed by atoms with Gasteiger partial charge in [-0.2, -0.15) is 0 Å². The molecule has 0 amide bonds. The summed E-state index contributed by atoms with van der Waals surface area (Å²) >= 11 is 1.73. The molecule has 2 rings (SSSR count). The summed E-state index contributed by atoms with van der Waals surface area (Å²) in [5.41, 5.74) is 1.27.